The number of amides is 1. The molecule has 0 unspecified atom stereocenters. The van der Waals surface area contributed by atoms with Crippen molar-refractivity contribution in [3.05, 3.63) is 48.0 Å². The molecule has 1 aliphatic heterocycles. The molecule has 2 aromatic carbocycles. The van der Waals surface area contributed by atoms with Crippen molar-refractivity contribution in [3.8, 4) is 5.75 Å². The van der Waals surface area contributed by atoms with E-state index in [1.54, 1.807) is 42.5 Å². The predicted molar refractivity (Wildman–Crippen MR) is 107 cm³/mol. The van der Waals surface area contributed by atoms with Crippen molar-refractivity contribution >= 4 is 33.2 Å². The lowest BCUT2D eigenvalue weighted by Gasteiger charge is -2.13. The fourth-order valence-electron chi connectivity index (χ4n) is 2.79. The average molecular weight is 389 g/mol. The van der Waals surface area contributed by atoms with E-state index in [4.69, 9.17) is 4.74 Å². The highest BCUT2D eigenvalue weighted by Gasteiger charge is 2.35. The van der Waals surface area contributed by atoms with Crippen molar-refractivity contribution in [2.45, 2.75) is 19.8 Å². The summed E-state index contributed by atoms with van der Waals surface area (Å²) >= 11 is 0. The maximum Gasteiger partial charge on any atom is 0.326 e. The van der Waals surface area contributed by atoms with Gasteiger partial charge in [0.2, 0.25) is 0 Å². The van der Waals surface area contributed by atoms with E-state index >= 15 is 0 Å². The molecule has 0 aliphatic carbocycles. The third-order valence-corrected chi connectivity index (χ3v) is 6.26. The number of fused-ring (bicyclic) bond motifs is 1. The molecule has 0 aromatic heterocycles. The normalized spacial score (nSPS) is 14.8. The van der Waals surface area contributed by atoms with Gasteiger partial charge >= 0.3 is 10.2 Å². The first-order valence-corrected chi connectivity index (χ1v) is 10.2. The Morgan fingerprint density at radius 3 is 2.37 bits per heavy atom. The minimum absolute atomic E-state index is 0.271. The number of carbonyl (C=O) groups excluding carboxylic acids is 1. The number of nitrogens with one attached hydrogen (secondary N) is 1. The lowest BCUT2D eigenvalue weighted by molar-refractivity contribution is 0.102. The maximum absolute atomic E-state index is 12.5. The number of rotatable bonds is 6. The molecule has 0 radical (unpaired) electrons. The second-order valence-corrected chi connectivity index (χ2v) is 8.32. The highest BCUT2D eigenvalue weighted by Crippen LogP contribution is 2.40. The standard InChI is InChI=1S/C19H23N3O4S/c1-4-5-12-26-16-9-6-14(7-10-16)19(23)20-15-8-11-17-18(13-15)22(3)27(24,25)21(17)2/h6-11,13H,4-5,12H2,1-3H3,(H,20,23). The number of anilines is 3. The highest BCUT2D eigenvalue weighted by atomic mass is 32.2. The Hall–Kier alpha value is -2.74. The molecule has 27 heavy (non-hydrogen) atoms. The summed E-state index contributed by atoms with van der Waals surface area (Å²) in [5.41, 5.74) is 2.12. The Kier molecular flexibility index (Phi) is 5.27. The van der Waals surface area contributed by atoms with Crippen LogP contribution in [0.3, 0.4) is 0 Å². The van der Waals surface area contributed by atoms with Crippen LogP contribution in [-0.2, 0) is 10.2 Å². The van der Waals surface area contributed by atoms with Crippen molar-refractivity contribution in [1.29, 1.82) is 0 Å². The molecule has 0 saturated heterocycles. The Labute approximate surface area is 159 Å². The zero-order chi connectivity index (χ0) is 19.6. The number of ether oxygens (including phenoxy) is 1. The monoisotopic (exact) mass is 389 g/mol. The lowest BCUT2D eigenvalue weighted by atomic mass is 10.2. The first-order chi connectivity index (χ1) is 12.8. The van der Waals surface area contributed by atoms with Gasteiger partial charge in [-0.2, -0.15) is 8.42 Å². The molecular weight excluding hydrogens is 366 g/mol. The largest absolute Gasteiger partial charge is 0.494 e. The second kappa shape index (κ2) is 7.48. The van der Waals surface area contributed by atoms with Gasteiger partial charge in [-0.05, 0) is 48.9 Å². The van der Waals surface area contributed by atoms with E-state index in [0.717, 1.165) is 18.6 Å². The van der Waals surface area contributed by atoms with E-state index < -0.39 is 10.2 Å². The van der Waals surface area contributed by atoms with Gasteiger partial charge in [0.25, 0.3) is 5.91 Å². The van der Waals surface area contributed by atoms with Crippen LogP contribution < -0.4 is 18.7 Å². The molecule has 7 nitrogen and oxygen atoms in total. The van der Waals surface area contributed by atoms with Gasteiger partial charge in [-0.25, -0.2) is 0 Å². The quantitative estimate of drug-likeness (QED) is 0.769. The molecule has 1 heterocycles. The van der Waals surface area contributed by atoms with Gasteiger partial charge in [0, 0.05) is 25.3 Å². The van der Waals surface area contributed by atoms with E-state index in [0.29, 0.717) is 29.2 Å². The van der Waals surface area contributed by atoms with Gasteiger partial charge in [-0.15, -0.1) is 0 Å². The van der Waals surface area contributed by atoms with Crippen molar-refractivity contribution in [3.63, 3.8) is 0 Å². The van der Waals surface area contributed by atoms with Crippen molar-refractivity contribution in [2.24, 2.45) is 0 Å². The van der Waals surface area contributed by atoms with E-state index in [1.165, 1.54) is 22.7 Å². The van der Waals surface area contributed by atoms with Crippen molar-refractivity contribution in [1.82, 2.24) is 0 Å². The number of hydrogen-bond acceptors (Lipinski definition) is 4. The van der Waals surface area contributed by atoms with Crippen LogP contribution in [0.2, 0.25) is 0 Å². The Morgan fingerprint density at radius 2 is 1.70 bits per heavy atom. The predicted octanol–water partition coefficient (Wildman–Crippen LogP) is 3.25. The molecule has 2 aromatic rings. The molecule has 3 rings (SSSR count). The number of unbranched alkanes of at least 4 members (excludes halogenated alkanes) is 1. The van der Waals surface area contributed by atoms with Crippen LogP contribution in [0, 0.1) is 0 Å². The summed E-state index contributed by atoms with van der Waals surface area (Å²) in [5.74, 6) is 0.458. The summed E-state index contributed by atoms with van der Waals surface area (Å²) in [5, 5.41) is 2.80. The molecule has 0 fully saturated rings. The van der Waals surface area contributed by atoms with Crippen LogP contribution in [-0.4, -0.2) is 35.0 Å². The first kappa shape index (κ1) is 19.0. The summed E-state index contributed by atoms with van der Waals surface area (Å²) in [6, 6.07) is 11.9. The average Bonchev–Trinajstić information content (AvgIpc) is 2.83. The Balaban J connectivity index is 1.71. The van der Waals surface area contributed by atoms with Gasteiger partial charge in [-0.3, -0.25) is 13.4 Å². The van der Waals surface area contributed by atoms with Crippen LogP contribution in [0.5, 0.6) is 5.75 Å². The summed E-state index contributed by atoms with van der Waals surface area (Å²) < 4.78 is 32.4. The maximum atomic E-state index is 12.5. The molecule has 8 heteroatoms. The minimum Gasteiger partial charge on any atom is -0.494 e. The van der Waals surface area contributed by atoms with E-state index in [-0.39, 0.29) is 5.91 Å². The molecule has 144 valence electrons. The highest BCUT2D eigenvalue weighted by molar-refractivity contribution is 7.94. The molecule has 0 bridgehead atoms. The topological polar surface area (TPSA) is 79.0 Å². The molecule has 1 amide bonds. The van der Waals surface area contributed by atoms with Crippen molar-refractivity contribution < 1.29 is 17.9 Å². The minimum atomic E-state index is -3.53. The first-order valence-electron chi connectivity index (χ1n) is 8.75. The van der Waals surface area contributed by atoms with E-state index in [1.807, 2.05) is 0 Å². The number of carbonyl (C=O) groups is 1. The van der Waals surface area contributed by atoms with Crippen LogP contribution in [0.25, 0.3) is 0 Å². The molecule has 1 aliphatic rings. The van der Waals surface area contributed by atoms with Crippen LogP contribution in [0.15, 0.2) is 42.5 Å². The Bertz CT molecular complexity index is 942. The molecular formula is C19H23N3O4S. The SMILES string of the molecule is CCCCOc1ccc(C(=O)Nc2ccc3c(c2)N(C)S(=O)(=O)N3C)cc1. The lowest BCUT2D eigenvalue weighted by Crippen LogP contribution is -2.32. The van der Waals surface area contributed by atoms with Gasteiger partial charge in [0.05, 0.1) is 18.0 Å². The van der Waals surface area contributed by atoms with Gasteiger partial charge < -0.3 is 10.1 Å². The third kappa shape index (κ3) is 3.71. The van der Waals surface area contributed by atoms with E-state index in [9.17, 15) is 13.2 Å². The second-order valence-electron chi connectivity index (χ2n) is 6.33. The van der Waals surface area contributed by atoms with Gasteiger partial charge in [0.1, 0.15) is 5.75 Å². The van der Waals surface area contributed by atoms with Crippen molar-refractivity contribution in [2.75, 3.05) is 34.6 Å². The summed E-state index contributed by atoms with van der Waals surface area (Å²) in [6.07, 6.45) is 2.05. The zero-order valence-corrected chi connectivity index (χ0v) is 16.4. The molecule has 0 spiro atoms. The summed E-state index contributed by atoms with van der Waals surface area (Å²) in [6.45, 7) is 2.75. The van der Waals surface area contributed by atoms with Crippen LogP contribution in [0.1, 0.15) is 30.1 Å². The van der Waals surface area contributed by atoms with Crippen LogP contribution >= 0.6 is 0 Å². The van der Waals surface area contributed by atoms with E-state index in [2.05, 4.69) is 12.2 Å². The Morgan fingerprint density at radius 1 is 1.04 bits per heavy atom. The fraction of sp³-hybridized carbons (Fsp3) is 0.316. The smallest absolute Gasteiger partial charge is 0.326 e. The van der Waals surface area contributed by atoms with Crippen LogP contribution in [0.4, 0.5) is 17.1 Å². The third-order valence-electron chi connectivity index (χ3n) is 4.49. The fourth-order valence-corrected chi connectivity index (χ4v) is 3.96. The summed E-state index contributed by atoms with van der Waals surface area (Å²) in [4.78, 5) is 12.5. The van der Waals surface area contributed by atoms with Gasteiger partial charge in [0.15, 0.2) is 0 Å². The molecule has 0 saturated carbocycles. The number of hydrogen-bond donors (Lipinski definition) is 1. The van der Waals surface area contributed by atoms with Gasteiger partial charge in [-0.1, -0.05) is 13.3 Å². The summed E-state index contributed by atoms with van der Waals surface area (Å²) in [7, 11) is -0.548. The number of nitrogens with zero attached hydrogens (tertiary/aromatic N) is 2. The molecule has 1 N–H and O–H groups in total. The number of benzene rings is 2. The zero-order valence-electron chi connectivity index (χ0n) is 15.6. The molecule has 0 atom stereocenters.